The molecule has 0 atom stereocenters. The summed E-state index contributed by atoms with van der Waals surface area (Å²) in [5.41, 5.74) is 9.52. The van der Waals surface area contributed by atoms with Crippen molar-refractivity contribution in [3.63, 3.8) is 0 Å². The van der Waals surface area contributed by atoms with E-state index in [-0.39, 0.29) is 10.8 Å². The lowest BCUT2D eigenvalue weighted by Gasteiger charge is -2.39. The molecule has 6 aromatic rings. The van der Waals surface area contributed by atoms with Crippen LogP contribution in [0.2, 0.25) is 0 Å². The van der Waals surface area contributed by atoms with E-state index < -0.39 is 0 Å². The highest BCUT2D eigenvalue weighted by Crippen LogP contribution is 2.57. The normalized spacial score (nSPS) is 14.9. The van der Waals surface area contributed by atoms with Crippen LogP contribution >= 0.6 is 0 Å². The molecule has 2 heterocycles. The summed E-state index contributed by atoms with van der Waals surface area (Å²) in [6, 6.07) is 49.1. The van der Waals surface area contributed by atoms with Crippen LogP contribution in [-0.4, -0.2) is 0 Å². The Morgan fingerprint density at radius 2 is 0.822 bits per heavy atom. The van der Waals surface area contributed by atoms with Crippen LogP contribution in [0.1, 0.15) is 49.9 Å². The molecule has 2 aliphatic heterocycles. The van der Waals surface area contributed by atoms with Gasteiger partial charge in [0, 0.05) is 38.8 Å². The quantitative estimate of drug-likeness (QED) is 0.205. The molecule has 8 rings (SSSR count). The first kappa shape index (κ1) is 27.3. The predicted octanol–water partition coefficient (Wildman–Crippen LogP) is 11.7. The zero-order chi connectivity index (χ0) is 30.8. The maximum Gasteiger partial charge on any atom is 0.155 e. The largest absolute Gasteiger partial charge is 0.455 e. The number of nitrogens with zero attached hydrogens (tertiary/aromatic N) is 1. The maximum absolute atomic E-state index is 6.82. The zero-order valence-corrected chi connectivity index (χ0v) is 26.0. The number of hydrogen-bond acceptors (Lipinski definition) is 3. The fourth-order valence-corrected chi connectivity index (χ4v) is 7.10. The van der Waals surface area contributed by atoms with Crippen LogP contribution in [0.4, 0.5) is 17.1 Å². The average molecular weight is 586 g/mol. The van der Waals surface area contributed by atoms with Crippen LogP contribution in [-0.2, 0) is 10.8 Å². The van der Waals surface area contributed by atoms with Gasteiger partial charge in [0.15, 0.2) is 11.5 Å². The number of anilines is 3. The third-order valence-corrected chi connectivity index (χ3v) is 9.59. The van der Waals surface area contributed by atoms with E-state index in [0.29, 0.717) is 0 Å². The van der Waals surface area contributed by atoms with Crippen LogP contribution < -0.4 is 14.4 Å². The van der Waals surface area contributed by atoms with Gasteiger partial charge in [-0.05, 0) is 47.5 Å². The highest BCUT2D eigenvalue weighted by molar-refractivity contribution is 5.87. The molecule has 0 N–H and O–H groups in total. The molecule has 0 spiro atoms. The van der Waals surface area contributed by atoms with E-state index in [1.54, 1.807) is 0 Å². The van der Waals surface area contributed by atoms with Gasteiger partial charge in [0.2, 0.25) is 0 Å². The van der Waals surface area contributed by atoms with Gasteiger partial charge in [-0.2, -0.15) is 0 Å². The van der Waals surface area contributed by atoms with Gasteiger partial charge >= 0.3 is 0 Å². The summed E-state index contributed by atoms with van der Waals surface area (Å²) in [4.78, 5) is 2.31. The second-order valence-electron chi connectivity index (χ2n) is 13.0. The summed E-state index contributed by atoms with van der Waals surface area (Å²) < 4.78 is 13.6. The number of hydrogen-bond donors (Lipinski definition) is 0. The predicted molar refractivity (Wildman–Crippen MR) is 184 cm³/mol. The van der Waals surface area contributed by atoms with E-state index in [1.807, 2.05) is 12.1 Å². The first-order valence-electron chi connectivity index (χ1n) is 15.6. The first-order chi connectivity index (χ1) is 21.8. The minimum absolute atomic E-state index is 0.240. The number of rotatable bonds is 4. The average Bonchev–Trinajstić information content (AvgIpc) is 3.06. The van der Waals surface area contributed by atoms with E-state index in [4.69, 9.17) is 9.47 Å². The van der Waals surface area contributed by atoms with Gasteiger partial charge in [-0.15, -0.1) is 0 Å². The van der Waals surface area contributed by atoms with Crippen molar-refractivity contribution >= 4 is 17.1 Å². The van der Waals surface area contributed by atoms with Crippen LogP contribution in [0.15, 0.2) is 140 Å². The molecule has 2 aliphatic rings. The molecule has 45 heavy (non-hydrogen) atoms. The summed E-state index contributed by atoms with van der Waals surface area (Å²) >= 11 is 0. The van der Waals surface area contributed by atoms with Crippen molar-refractivity contribution < 1.29 is 9.47 Å². The van der Waals surface area contributed by atoms with Gasteiger partial charge in [-0.25, -0.2) is 0 Å². The van der Waals surface area contributed by atoms with Crippen molar-refractivity contribution in [3.05, 3.63) is 162 Å². The molecule has 0 aliphatic carbocycles. The fraction of sp³-hybridized carbons (Fsp3) is 0.143. The van der Waals surface area contributed by atoms with Crippen molar-refractivity contribution in [3.8, 4) is 34.1 Å². The minimum Gasteiger partial charge on any atom is -0.455 e. The lowest BCUT2D eigenvalue weighted by Crippen LogP contribution is -2.27. The lowest BCUT2D eigenvalue weighted by molar-refractivity contribution is 0.416. The Balaban J connectivity index is 1.36. The molecular weight excluding hydrogens is 550 g/mol. The molecule has 3 nitrogen and oxygen atoms in total. The minimum atomic E-state index is -0.240. The summed E-state index contributed by atoms with van der Waals surface area (Å²) in [6.45, 7) is 9.12. The van der Waals surface area contributed by atoms with Crippen LogP contribution in [0.5, 0.6) is 23.0 Å². The van der Waals surface area contributed by atoms with Gasteiger partial charge in [-0.1, -0.05) is 131 Å². The molecule has 0 radical (unpaired) electrons. The zero-order valence-electron chi connectivity index (χ0n) is 26.0. The smallest absolute Gasteiger partial charge is 0.155 e. The molecule has 220 valence electrons. The van der Waals surface area contributed by atoms with E-state index in [2.05, 4.69) is 160 Å². The Hall–Kier alpha value is -5.28. The summed E-state index contributed by atoms with van der Waals surface area (Å²) in [7, 11) is 0. The van der Waals surface area contributed by atoms with E-state index in [0.717, 1.165) is 51.2 Å². The maximum atomic E-state index is 6.82. The second-order valence-corrected chi connectivity index (χ2v) is 13.0. The van der Waals surface area contributed by atoms with Crippen LogP contribution in [0.3, 0.4) is 0 Å². The van der Waals surface area contributed by atoms with Gasteiger partial charge in [0.05, 0.1) is 11.4 Å². The number of benzene rings is 6. The summed E-state index contributed by atoms with van der Waals surface area (Å²) in [5.74, 6) is 3.51. The van der Waals surface area contributed by atoms with Crippen LogP contribution in [0, 0.1) is 0 Å². The topological polar surface area (TPSA) is 21.7 Å². The third-order valence-electron chi connectivity index (χ3n) is 9.59. The number of para-hydroxylation sites is 4. The van der Waals surface area contributed by atoms with Gasteiger partial charge < -0.3 is 14.4 Å². The molecular formula is C42H35NO2. The third kappa shape index (κ3) is 4.26. The molecule has 0 bridgehead atoms. The standard InChI is InChI=1S/C42H35NO2/c1-41(2)31-16-8-10-22-37(31)44-39-33(41)18-12-20-35(39)43(30-26-24-29(25-27-30)28-14-6-5-7-15-28)36-21-13-19-34-40(36)45-38-23-11-9-17-32(38)42(34,3)4/h5-27H,1-4H3. The van der Waals surface area contributed by atoms with Crippen molar-refractivity contribution in [2.75, 3.05) is 4.90 Å². The van der Waals surface area contributed by atoms with Gasteiger partial charge in [0.1, 0.15) is 11.5 Å². The highest BCUT2D eigenvalue weighted by Gasteiger charge is 2.39. The monoisotopic (exact) mass is 585 g/mol. The first-order valence-corrected chi connectivity index (χ1v) is 15.6. The molecule has 6 aromatic carbocycles. The highest BCUT2D eigenvalue weighted by atomic mass is 16.5. The Kier molecular flexibility index (Phi) is 6.15. The molecule has 0 saturated carbocycles. The summed E-state index contributed by atoms with van der Waals surface area (Å²) in [5, 5.41) is 0. The molecule has 3 heteroatoms. The lowest BCUT2D eigenvalue weighted by atomic mass is 9.75. The van der Waals surface area contributed by atoms with E-state index in [1.165, 1.54) is 22.3 Å². The number of ether oxygens (including phenoxy) is 2. The fourth-order valence-electron chi connectivity index (χ4n) is 7.10. The van der Waals surface area contributed by atoms with Gasteiger partial charge in [0.25, 0.3) is 0 Å². The summed E-state index contributed by atoms with van der Waals surface area (Å²) in [6.07, 6.45) is 0. The van der Waals surface area contributed by atoms with Crippen molar-refractivity contribution in [2.24, 2.45) is 0 Å². The molecule has 0 amide bonds. The van der Waals surface area contributed by atoms with Crippen molar-refractivity contribution in [2.45, 2.75) is 38.5 Å². The SMILES string of the molecule is CC1(C)c2ccccc2Oc2c(N(c3ccc(-c4ccccc4)cc3)c3cccc4c3Oc3ccccc3C4(C)C)cccc21. The van der Waals surface area contributed by atoms with Crippen molar-refractivity contribution in [1.29, 1.82) is 0 Å². The second kappa shape index (κ2) is 10.1. The Morgan fingerprint density at radius 1 is 0.400 bits per heavy atom. The molecule has 0 unspecified atom stereocenters. The number of fused-ring (bicyclic) bond motifs is 4. The van der Waals surface area contributed by atoms with Gasteiger partial charge in [-0.3, -0.25) is 0 Å². The Labute approximate surface area is 265 Å². The molecule has 0 aromatic heterocycles. The Bertz CT molecular complexity index is 1950. The van der Waals surface area contributed by atoms with Crippen molar-refractivity contribution in [1.82, 2.24) is 0 Å². The Morgan fingerprint density at radius 3 is 1.33 bits per heavy atom. The molecule has 0 saturated heterocycles. The van der Waals surface area contributed by atoms with Crippen LogP contribution in [0.25, 0.3) is 11.1 Å². The van der Waals surface area contributed by atoms with E-state index in [9.17, 15) is 0 Å². The van der Waals surface area contributed by atoms with E-state index >= 15 is 0 Å². The molecule has 0 fully saturated rings.